The summed E-state index contributed by atoms with van der Waals surface area (Å²) >= 11 is 0. The molecule has 80 heavy (non-hydrogen) atoms. The molecule has 28 heteroatoms. The molecule has 3 aliphatic rings. The van der Waals surface area contributed by atoms with Crippen LogP contribution in [0.1, 0.15) is 112 Å². The Balaban J connectivity index is 1.77. The first-order valence-corrected chi connectivity index (χ1v) is 28.0. The van der Waals surface area contributed by atoms with Gasteiger partial charge in [0.25, 0.3) is 0 Å². The summed E-state index contributed by atoms with van der Waals surface area (Å²) in [5, 5.41) is 110. The fraction of sp³-hybridized carbons (Fsp3) is 0.865. The van der Waals surface area contributed by atoms with Gasteiger partial charge in [0.05, 0.1) is 89.4 Å². The van der Waals surface area contributed by atoms with Crippen LogP contribution in [0.15, 0.2) is 0 Å². The van der Waals surface area contributed by atoms with Crippen molar-refractivity contribution in [2.24, 2.45) is 23.5 Å². The quantitative estimate of drug-likeness (QED) is 0.0204. The van der Waals surface area contributed by atoms with E-state index in [0.29, 0.717) is 57.9 Å². The Labute approximate surface area is 467 Å². The second-order valence-corrected chi connectivity index (χ2v) is 21.4. The van der Waals surface area contributed by atoms with Crippen molar-refractivity contribution in [3.8, 4) is 0 Å². The number of nitrogens with zero attached hydrogens (tertiary/aromatic N) is 1. The van der Waals surface area contributed by atoms with Gasteiger partial charge in [-0.25, -0.2) is 0 Å². The summed E-state index contributed by atoms with van der Waals surface area (Å²) < 4.78 is 23.5. The van der Waals surface area contributed by atoms with Gasteiger partial charge in [-0.3, -0.25) is 38.9 Å². The number of nitrogens with two attached hydrogens (primary N) is 1. The second kappa shape index (κ2) is 36.5. The fourth-order valence-electron chi connectivity index (χ4n) is 10.4. The molecule has 462 valence electrons. The molecule has 17 N–H and O–H groups in total. The van der Waals surface area contributed by atoms with Gasteiger partial charge < -0.3 is 102 Å². The van der Waals surface area contributed by atoms with Crippen molar-refractivity contribution in [1.82, 2.24) is 36.8 Å². The maximum Gasteiger partial charge on any atom is 0.236 e. The normalized spacial score (nSPS) is 29.9. The molecule has 0 aromatic rings. The van der Waals surface area contributed by atoms with Crippen molar-refractivity contribution in [2.75, 3.05) is 66.0 Å². The third kappa shape index (κ3) is 22.6. The molecule has 3 rings (SSSR count). The van der Waals surface area contributed by atoms with Crippen LogP contribution in [0.5, 0.6) is 0 Å². The third-order valence-electron chi connectivity index (χ3n) is 15.1. The summed E-state index contributed by atoms with van der Waals surface area (Å²) in [5.74, 6) is -4.74. The van der Waals surface area contributed by atoms with Crippen molar-refractivity contribution in [2.45, 2.75) is 203 Å². The van der Waals surface area contributed by atoms with E-state index >= 15 is 0 Å². The number of amides is 6. The van der Waals surface area contributed by atoms with Gasteiger partial charge in [-0.1, -0.05) is 26.7 Å². The average Bonchev–Trinajstić information content (AvgIpc) is 3.50. The molecule has 3 saturated heterocycles. The zero-order valence-electron chi connectivity index (χ0n) is 47.0. The Morgan fingerprint density at radius 1 is 0.600 bits per heavy atom. The number of hydrogen-bond acceptors (Lipinski definition) is 22. The highest BCUT2D eigenvalue weighted by Crippen LogP contribution is 2.28. The average molecular weight is 1150 g/mol. The highest BCUT2D eigenvalue weighted by Gasteiger charge is 2.47. The van der Waals surface area contributed by atoms with E-state index in [-0.39, 0.29) is 77.0 Å². The fourth-order valence-corrected chi connectivity index (χ4v) is 10.4. The molecule has 3 fully saturated rings. The molecule has 3 aliphatic heterocycles. The summed E-state index contributed by atoms with van der Waals surface area (Å²) in [4.78, 5) is 90.5. The number of rotatable bonds is 37. The lowest BCUT2D eigenvalue weighted by molar-refractivity contribution is -0.196. The number of Topliss-reactive ketones (excluding diaryl/α,β-unsaturated/α-hetero) is 1. The number of ether oxygens (including phenoxy) is 4. The Morgan fingerprint density at radius 3 is 1.48 bits per heavy atom. The zero-order chi connectivity index (χ0) is 59.6. The summed E-state index contributed by atoms with van der Waals surface area (Å²) in [6.07, 6.45) is -10.1. The van der Waals surface area contributed by atoms with Gasteiger partial charge in [-0.2, -0.15) is 0 Å². The largest absolute Gasteiger partial charge is 0.394 e. The molecule has 6 amide bonds. The lowest BCUT2D eigenvalue weighted by atomic mass is 9.89. The minimum absolute atomic E-state index is 0.00145. The molecular formula is C52H94N8O20. The van der Waals surface area contributed by atoms with E-state index in [1.165, 1.54) is 25.7 Å². The predicted molar refractivity (Wildman–Crippen MR) is 284 cm³/mol. The van der Waals surface area contributed by atoms with Crippen LogP contribution < -0.4 is 37.6 Å². The molecule has 0 aromatic heterocycles. The summed E-state index contributed by atoms with van der Waals surface area (Å²) in [6, 6.07) is -2.93. The first-order valence-electron chi connectivity index (χ1n) is 28.0. The van der Waals surface area contributed by atoms with E-state index < -0.39 is 158 Å². The highest BCUT2D eigenvalue weighted by molar-refractivity contribution is 5.88. The molecule has 0 aliphatic carbocycles. The summed E-state index contributed by atoms with van der Waals surface area (Å²) in [6.45, 7) is 5.13. The van der Waals surface area contributed by atoms with Gasteiger partial charge in [0.2, 0.25) is 35.4 Å². The van der Waals surface area contributed by atoms with Gasteiger partial charge in [0.15, 0.2) is 5.78 Å². The van der Waals surface area contributed by atoms with E-state index in [1.54, 1.807) is 6.92 Å². The SMILES string of the molecule is CCC(CC(C)C(N)=O)C(=O)NCNCOCC(CCCCC1OC(CO)C(O)C(O)C1NC(C)=O)C(=O)CN(CCCCC1OC(CO)C(O)C(O)C1NC(C)=O)C(=O)CNCCCCC1OC(CO)C(O)C(O)C1NC(C)=O. The van der Waals surface area contributed by atoms with Crippen molar-refractivity contribution < 1.29 is 98.5 Å². The van der Waals surface area contributed by atoms with Crippen molar-refractivity contribution in [3.63, 3.8) is 0 Å². The van der Waals surface area contributed by atoms with E-state index in [4.69, 9.17) is 24.7 Å². The maximum absolute atomic E-state index is 14.5. The van der Waals surface area contributed by atoms with Crippen LogP contribution in [0.2, 0.25) is 0 Å². The molecule has 3 heterocycles. The van der Waals surface area contributed by atoms with Crippen molar-refractivity contribution >= 4 is 41.2 Å². The van der Waals surface area contributed by atoms with Gasteiger partial charge in [0, 0.05) is 45.1 Å². The van der Waals surface area contributed by atoms with Gasteiger partial charge in [-0.05, 0) is 70.8 Å². The van der Waals surface area contributed by atoms with Crippen molar-refractivity contribution in [3.05, 3.63) is 0 Å². The Hall–Kier alpha value is -4.11. The minimum Gasteiger partial charge on any atom is -0.394 e. The van der Waals surface area contributed by atoms with Crippen LogP contribution in [-0.2, 0) is 52.5 Å². The Bertz CT molecular complexity index is 1910. The van der Waals surface area contributed by atoms with Crippen LogP contribution in [0.3, 0.4) is 0 Å². The number of carbonyl (C=O) groups excluding carboxylic acids is 7. The number of primary amides is 1. The Kier molecular flexibility index (Phi) is 32.0. The second-order valence-electron chi connectivity index (χ2n) is 21.4. The zero-order valence-corrected chi connectivity index (χ0v) is 47.0. The third-order valence-corrected chi connectivity index (χ3v) is 15.1. The number of aliphatic hydroxyl groups excluding tert-OH is 9. The molecule has 0 radical (unpaired) electrons. The van der Waals surface area contributed by atoms with Gasteiger partial charge in [0.1, 0.15) is 54.9 Å². The van der Waals surface area contributed by atoms with Gasteiger partial charge >= 0.3 is 0 Å². The van der Waals surface area contributed by atoms with Crippen LogP contribution in [0, 0.1) is 17.8 Å². The number of unbranched alkanes of at least 4 members (excludes halogenated alkanes) is 3. The van der Waals surface area contributed by atoms with E-state index in [9.17, 15) is 79.5 Å². The number of hydrogen-bond donors (Lipinski definition) is 16. The van der Waals surface area contributed by atoms with Crippen LogP contribution in [-0.4, -0.2) is 249 Å². The van der Waals surface area contributed by atoms with Crippen LogP contribution in [0.4, 0.5) is 0 Å². The van der Waals surface area contributed by atoms with Crippen LogP contribution >= 0.6 is 0 Å². The van der Waals surface area contributed by atoms with E-state index in [2.05, 4.69) is 31.9 Å². The smallest absolute Gasteiger partial charge is 0.236 e. The minimum atomic E-state index is -1.47. The molecule has 18 atom stereocenters. The lowest BCUT2D eigenvalue weighted by Gasteiger charge is -2.42. The summed E-state index contributed by atoms with van der Waals surface area (Å²) in [7, 11) is 0. The van der Waals surface area contributed by atoms with E-state index in [0.717, 1.165) is 0 Å². The Morgan fingerprint density at radius 2 is 1.05 bits per heavy atom. The first-order chi connectivity index (χ1) is 38.0. The monoisotopic (exact) mass is 1150 g/mol. The molecule has 0 saturated carbocycles. The molecule has 28 nitrogen and oxygen atoms in total. The van der Waals surface area contributed by atoms with E-state index in [1.807, 2.05) is 6.92 Å². The number of aliphatic hydroxyl groups is 9. The number of ketones is 1. The number of carbonyl (C=O) groups is 7. The van der Waals surface area contributed by atoms with Crippen molar-refractivity contribution in [1.29, 1.82) is 0 Å². The summed E-state index contributed by atoms with van der Waals surface area (Å²) in [5.41, 5.74) is 5.40. The maximum atomic E-state index is 14.5. The highest BCUT2D eigenvalue weighted by atomic mass is 16.5. The lowest BCUT2D eigenvalue weighted by Crippen LogP contribution is -2.63. The topological polar surface area (TPSA) is 440 Å². The standard InChI is InChI=1S/C52H94N8O20/c1-6-32(19-28(2)51(53)75)52(76)56-26-55-27-77-25-33(13-7-8-14-35-42(57-29(3)64)48(72)45(69)38(22-61)78-35)34(67)21-60(18-12-10-16-37-44(59-31(5)66)50(74)47(71)40(24-63)80-37)41(68)20-54-17-11-9-15-36-43(58-30(4)65)49(73)46(70)39(23-62)79-36/h28,32-33,35-40,42-50,54-55,61-63,69-74H,6-27H2,1-5H3,(H2,53,75)(H,56,76)(H,57,64)(H,58,65)(H,59,66). The first kappa shape index (κ1) is 70.2. The molecule has 0 bridgehead atoms. The molecular weight excluding hydrogens is 1060 g/mol. The molecule has 18 unspecified atom stereocenters. The van der Waals surface area contributed by atoms with Gasteiger partial charge in [-0.15, -0.1) is 0 Å². The molecule has 0 spiro atoms. The van der Waals surface area contributed by atoms with Crippen LogP contribution in [0.25, 0.3) is 0 Å². The predicted octanol–water partition coefficient (Wildman–Crippen LogP) is -5.38. The number of nitrogens with one attached hydrogen (secondary N) is 6. The molecule has 0 aromatic carbocycles.